The molecule has 0 amide bonds. The Kier molecular flexibility index (Phi) is 7.43. The Balaban J connectivity index is 1.28. The Labute approximate surface area is 219 Å². The van der Waals surface area contributed by atoms with Crippen LogP contribution in [0.4, 0.5) is 17.5 Å². The van der Waals surface area contributed by atoms with E-state index in [4.69, 9.17) is 19.9 Å². The van der Waals surface area contributed by atoms with Gasteiger partial charge in [-0.25, -0.2) is 9.97 Å². The predicted molar refractivity (Wildman–Crippen MR) is 143 cm³/mol. The van der Waals surface area contributed by atoms with Crippen molar-refractivity contribution in [2.24, 2.45) is 18.7 Å². The van der Waals surface area contributed by atoms with Crippen LogP contribution in [-0.4, -0.2) is 67.9 Å². The van der Waals surface area contributed by atoms with Crippen molar-refractivity contribution < 1.29 is 19.4 Å². The van der Waals surface area contributed by atoms with E-state index in [0.29, 0.717) is 47.6 Å². The van der Waals surface area contributed by atoms with Gasteiger partial charge in [0.15, 0.2) is 11.4 Å². The van der Waals surface area contributed by atoms with Crippen molar-refractivity contribution in [1.29, 1.82) is 0 Å². The van der Waals surface area contributed by atoms with Gasteiger partial charge >= 0.3 is 0 Å². The maximum Gasteiger partial charge on any atom is 0.298 e. The van der Waals surface area contributed by atoms with Crippen LogP contribution in [0.3, 0.4) is 0 Å². The predicted octanol–water partition coefficient (Wildman–Crippen LogP) is 2.39. The molecule has 0 spiro atoms. The number of benzene rings is 1. The van der Waals surface area contributed by atoms with E-state index in [9.17, 15) is 10.2 Å². The highest BCUT2D eigenvalue weighted by Gasteiger charge is 2.33. The first-order valence-corrected chi connectivity index (χ1v) is 12.6. The SMILES string of the molecule is CCC=C(N)c1nc(C2CN(c3nc4ccc(OCC(CO)CO)cc4o3)C2)cnc1Nc1cnn(C)c1. The third-order valence-electron chi connectivity index (χ3n) is 6.38. The van der Waals surface area contributed by atoms with Gasteiger partial charge in [0, 0.05) is 44.2 Å². The van der Waals surface area contributed by atoms with Crippen molar-refractivity contribution in [3.8, 4) is 5.75 Å². The van der Waals surface area contributed by atoms with Gasteiger partial charge in [0.25, 0.3) is 6.01 Å². The monoisotopic (exact) mass is 520 g/mol. The average molecular weight is 521 g/mol. The fraction of sp³-hybridized carbons (Fsp3) is 0.385. The number of hydrogen-bond acceptors (Lipinski definition) is 11. The summed E-state index contributed by atoms with van der Waals surface area (Å²) in [6, 6.07) is 5.93. The summed E-state index contributed by atoms with van der Waals surface area (Å²) in [4.78, 5) is 16.2. The summed E-state index contributed by atoms with van der Waals surface area (Å²) in [5, 5.41) is 25.9. The number of aliphatic hydroxyl groups is 2. The van der Waals surface area contributed by atoms with E-state index in [1.165, 1.54) is 0 Å². The number of nitrogens with zero attached hydrogens (tertiary/aromatic N) is 6. The summed E-state index contributed by atoms with van der Waals surface area (Å²) >= 11 is 0. The number of anilines is 3. The van der Waals surface area contributed by atoms with Crippen LogP contribution in [0.1, 0.15) is 30.7 Å². The van der Waals surface area contributed by atoms with Gasteiger partial charge in [-0.05, 0) is 18.6 Å². The molecule has 1 aromatic carbocycles. The molecule has 5 rings (SSSR count). The highest BCUT2D eigenvalue weighted by Crippen LogP contribution is 2.34. The molecule has 0 bridgehead atoms. The Morgan fingerprint density at radius 1 is 1.26 bits per heavy atom. The van der Waals surface area contributed by atoms with E-state index in [2.05, 4.69) is 20.4 Å². The van der Waals surface area contributed by atoms with E-state index in [-0.39, 0.29) is 31.7 Å². The topological polar surface area (TPSA) is 161 Å². The van der Waals surface area contributed by atoms with Crippen LogP contribution in [0.2, 0.25) is 0 Å². The van der Waals surface area contributed by atoms with Gasteiger partial charge in [0.1, 0.15) is 17.0 Å². The van der Waals surface area contributed by atoms with Gasteiger partial charge in [-0.3, -0.25) is 4.68 Å². The van der Waals surface area contributed by atoms with Crippen molar-refractivity contribution in [2.75, 3.05) is 43.1 Å². The van der Waals surface area contributed by atoms with E-state index < -0.39 is 0 Å². The number of fused-ring (bicyclic) bond motifs is 1. The Morgan fingerprint density at radius 2 is 2.08 bits per heavy atom. The first-order chi connectivity index (χ1) is 18.5. The third-order valence-corrected chi connectivity index (χ3v) is 6.38. The number of nitrogens with two attached hydrogens (primary N) is 1. The molecule has 1 fully saturated rings. The van der Waals surface area contributed by atoms with Crippen molar-refractivity contribution in [3.05, 3.63) is 54.3 Å². The van der Waals surface area contributed by atoms with Crippen LogP contribution in [0.5, 0.6) is 5.75 Å². The molecule has 0 atom stereocenters. The molecule has 1 aliphatic heterocycles. The summed E-state index contributed by atoms with van der Waals surface area (Å²) in [5.41, 5.74) is 10.5. The van der Waals surface area contributed by atoms with Crippen molar-refractivity contribution in [3.63, 3.8) is 0 Å². The number of aromatic nitrogens is 5. The van der Waals surface area contributed by atoms with E-state index in [1.54, 1.807) is 29.2 Å². The summed E-state index contributed by atoms with van der Waals surface area (Å²) in [6.45, 7) is 3.33. The highest BCUT2D eigenvalue weighted by molar-refractivity contribution is 5.76. The Bertz CT molecular complexity index is 1420. The quantitative estimate of drug-likeness (QED) is 0.230. The zero-order chi connectivity index (χ0) is 26.6. The van der Waals surface area contributed by atoms with Gasteiger partial charge in [-0.1, -0.05) is 13.0 Å². The van der Waals surface area contributed by atoms with Crippen LogP contribution in [-0.2, 0) is 7.05 Å². The van der Waals surface area contributed by atoms with E-state index >= 15 is 0 Å². The minimum absolute atomic E-state index is 0.140. The average Bonchev–Trinajstić information content (AvgIpc) is 3.49. The third kappa shape index (κ3) is 5.41. The maximum absolute atomic E-state index is 9.22. The molecule has 0 aliphatic carbocycles. The fourth-order valence-corrected chi connectivity index (χ4v) is 4.15. The molecular formula is C26H32N8O4. The molecule has 5 N–H and O–H groups in total. The van der Waals surface area contributed by atoms with Crippen molar-refractivity contribution >= 4 is 34.3 Å². The second-order valence-corrected chi connectivity index (χ2v) is 9.36. The first-order valence-electron chi connectivity index (χ1n) is 12.6. The minimum atomic E-state index is -0.328. The van der Waals surface area contributed by atoms with Crippen LogP contribution in [0.25, 0.3) is 16.8 Å². The molecule has 0 saturated carbocycles. The minimum Gasteiger partial charge on any atom is -0.493 e. The molecule has 4 heterocycles. The molecule has 0 unspecified atom stereocenters. The molecular weight excluding hydrogens is 488 g/mol. The molecule has 1 aliphatic rings. The van der Waals surface area contributed by atoms with Crippen molar-refractivity contribution in [1.82, 2.24) is 24.7 Å². The molecule has 1 saturated heterocycles. The largest absolute Gasteiger partial charge is 0.493 e. The summed E-state index contributed by atoms with van der Waals surface area (Å²) in [7, 11) is 1.85. The van der Waals surface area contributed by atoms with Gasteiger partial charge in [0.05, 0.1) is 49.3 Å². The lowest BCUT2D eigenvalue weighted by Gasteiger charge is -2.37. The summed E-state index contributed by atoms with van der Waals surface area (Å²) in [6.07, 6.45) is 8.08. The van der Waals surface area contributed by atoms with Crippen LogP contribution in [0.15, 0.2) is 47.3 Å². The molecule has 3 aromatic heterocycles. The number of aryl methyl sites for hydroxylation is 1. The zero-order valence-corrected chi connectivity index (χ0v) is 21.4. The number of rotatable bonds is 11. The van der Waals surface area contributed by atoms with Gasteiger partial charge in [0.2, 0.25) is 0 Å². The van der Waals surface area contributed by atoms with Crippen LogP contribution < -0.4 is 20.7 Å². The molecule has 200 valence electrons. The van der Waals surface area contributed by atoms with Gasteiger partial charge in [-0.15, -0.1) is 0 Å². The maximum atomic E-state index is 9.22. The Morgan fingerprint density at radius 3 is 2.79 bits per heavy atom. The molecule has 12 nitrogen and oxygen atoms in total. The highest BCUT2D eigenvalue weighted by atomic mass is 16.5. The number of oxazole rings is 1. The lowest BCUT2D eigenvalue weighted by atomic mass is 9.97. The second kappa shape index (κ2) is 11.1. The number of hydrogen-bond donors (Lipinski definition) is 4. The lowest BCUT2D eigenvalue weighted by Crippen LogP contribution is -2.45. The molecule has 38 heavy (non-hydrogen) atoms. The van der Waals surface area contributed by atoms with E-state index in [1.807, 2.05) is 37.2 Å². The Hall–Kier alpha value is -4.16. The van der Waals surface area contributed by atoms with Crippen molar-refractivity contribution in [2.45, 2.75) is 19.3 Å². The molecule has 12 heteroatoms. The first kappa shape index (κ1) is 25.5. The number of nitrogens with one attached hydrogen (secondary N) is 1. The van der Waals surface area contributed by atoms with Crippen LogP contribution >= 0.6 is 0 Å². The molecule has 4 aromatic rings. The van der Waals surface area contributed by atoms with Crippen LogP contribution in [0, 0.1) is 5.92 Å². The van der Waals surface area contributed by atoms with Gasteiger partial charge < -0.3 is 35.3 Å². The smallest absolute Gasteiger partial charge is 0.298 e. The number of aliphatic hydroxyl groups excluding tert-OH is 2. The normalized spacial score (nSPS) is 14.3. The zero-order valence-electron chi connectivity index (χ0n) is 21.4. The van der Waals surface area contributed by atoms with Gasteiger partial charge in [-0.2, -0.15) is 10.1 Å². The summed E-state index contributed by atoms with van der Waals surface area (Å²) in [5.74, 6) is 1.01. The van der Waals surface area contributed by atoms with E-state index in [0.717, 1.165) is 23.3 Å². The fourth-order valence-electron chi connectivity index (χ4n) is 4.15. The number of allylic oxidation sites excluding steroid dienone is 1. The molecule has 0 radical (unpaired) electrons. The second-order valence-electron chi connectivity index (χ2n) is 9.36. The standard InChI is InChI=1S/C26H32N8O4/c1-3-4-20(27)24-25(30-18-8-29-33(2)12-18)28-9-22(31-24)17-10-34(11-17)26-32-21-6-5-19(7-23(21)38-26)37-15-16(13-35)14-36/h4-9,12,16-17,35-36H,3,10-11,13-15,27H2,1-2H3,(H,28,30). The number of ether oxygens (including phenoxy) is 1. The summed E-state index contributed by atoms with van der Waals surface area (Å²) < 4.78 is 13.4. The lowest BCUT2D eigenvalue weighted by molar-refractivity contribution is 0.106.